The van der Waals surface area contributed by atoms with Gasteiger partial charge in [0.15, 0.2) is 0 Å². The fourth-order valence-electron chi connectivity index (χ4n) is 6.67. The molecule has 1 saturated heterocycles. The highest BCUT2D eigenvalue weighted by molar-refractivity contribution is 6.99. The molecule has 4 aromatic carbocycles. The molecule has 228 valence electrons. The van der Waals surface area contributed by atoms with Crippen LogP contribution < -0.4 is 15.1 Å². The Bertz CT molecular complexity index is 1520. The van der Waals surface area contributed by atoms with Crippen LogP contribution in [0.2, 0.25) is 5.04 Å². The predicted octanol–water partition coefficient (Wildman–Crippen LogP) is 5.64. The number of hydrogen-bond donors (Lipinski definition) is 0. The van der Waals surface area contributed by atoms with E-state index >= 15 is 0 Å². The van der Waals surface area contributed by atoms with Gasteiger partial charge in [0, 0.05) is 24.9 Å². The highest BCUT2D eigenvalue weighted by Gasteiger charge is 2.58. The van der Waals surface area contributed by atoms with Gasteiger partial charge in [0.1, 0.15) is 11.3 Å². The zero-order valence-corrected chi connectivity index (χ0v) is 27.2. The number of methoxy groups -OCH3 is 2. The maximum absolute atomic E-state index is 14.3. The summed E-state index contributed by atoms with van der Waals surface area (Å²) >= 11 is 0. The number of nitrogens with zero attached hydrogens (tertiary/aromatic N) is 1. The molecular weight excluding hydrogens is 566 g/mol. The zero-order valence-electron chi connectivity index (χ0n) is 26.2. The summed E-state index contributed by atoms with van der Waals surface area (Å²) in [5.41, 5.74) is 0.140. The molecule has 0 spiro atoms. The van der Waals surface area contributed by atoms with Gasteiger partial charge in [-0.3, -0.25) is 4.79 Å². The molecule has 0 unspecified atom stereocenters. The lowest BCUT2D eigenvalue weighted by molar-refractivity contribution is -0.152. The molecule has 0 saturated carbocycles. The predicted molar refractivity (Wildman–Crippen MR) is 176 cm³/mol. The molecule has 2 atom stereocenters. The fourth-order valence-corrected chi connectivity index (χ4v) is 11.3. The summed E-state index contributed by atoms with van der Waals surface area (Å²) in [6.45, 7) is 6.94. The molecule has 0 bridgehead atoms. The Kier molecular flexibility index (Phi) is 9.09. The van der Waals surface area contributed by atoms with Crippen LogP contribution in [0.25, 0.3) is 0 Å². The van der Waals surface area contributed by atoms with Crippen molar-refractivity contribution >= 4 is 30.6 Å². The summed E-state index contributed by atoms with van der Waals surface area (Å²) in [6.07, 6.45) is 0.156. The van der Waals surface area contributed by atoms with E-state index in [1.54, 1.807) is 24.1 Å². The molecule has 1 aliphatic heterocycles. The van der Waals surface area contributed by atoms with Crippen molar-refractivity contribution in [3.8, 4) is 5.75 Å². The van der Waals surface area contributed by atoms with Gasteiger partial charge in [-0.1, -0.05) is 112 Å². The van der Waals surface area contributed by atoms with E-state index in [1.807, 2.05) is 54.6 Å². The number of carbonyl (C=O) groups is 2. The number of carbonyl (C=O) groups excluding carboxylic acids is 2. The molecule has 1 amide bonds. The van der Waals surface area contributed by atoms with Crippen LogP contribution in [0.5, 0.6) is 5.75 Å². The lowest BCUT2D eigenvalue weighted by atomic mass is 9.87. The van der Waals surface area contributed by atoms with E-state index in [1.165, 1.54) is 7.11 Å². The van der Waals surface area contributed by atoms with Crippen LogP contribution in [0.15, 0.2) is 115 Å². The number of ether oxygens (including phenoxy) is 2. The smallest absolute Gasteiger partial charge is 0.332 e. The first-order valence-corrected chi connectivity index (χ1v) is 16.9. The average Bonchev–Trinajstić information content (AvgIpc) is 3.42. The van der Waals surface area contributed by atoms with Crippen molar-refractivity contribution in [2.24, 2.45) is 0 Å². The molecule has 6 nitrogen and oxygen atoms in total. The Labute approximate surface area is 261 Å². The summed E-state index contributed by atoms with van der Waals surface area (Å²) in [5.74, 6) is 0.0432. The van der Waals surface area contributed by atoms with Crippen LogP contribution in [-0.4, -0.2) is 57.5 Å². The third kappa shape index (κ3) is 5.82. The van der Waals surface area contributed by atoms with Gasteiger partial charge in [-0.25, -0.2) is 4.79 Å². The van der Waals surface area contributed by atoms with E-state index in [-0.39, 0.29) is 23.9 Å². The SMILES string of the molecule is COC(=O)[C@@]1(Cc2ccc(OC)cc2)C[C@@H](O[Si](c2ccccc2)(c2ccccc2)C(C)(C)C)CN1C(=O)c1ccccc1. The summed E-state index contributed by atoms with van der Waals surface area (Å²) in [6, 6.07) is 37.6. The maximum atomic E-state index is 14.3. The summed E-state index contributed by atoms with van der Waals surface area (Å²) in [4.78, 5) is 29.9. The van der Waals surface area contributed by atoms with Crippen molar-refractivity contribution in [3.63, 3.8) is 0 Å². The van der Waals surface area contributed by atoms with Crippen molar-refractivity contribution in [2.75, 3.05) is 20.8 Å². The lowest BCUT2D eigenvalue weighted by Crippen LogP contribution is -2.67. The third-order valence-electron chi connectivity index (χ3n) is 8.72. The molecule has 5 rings (SSSR count). The standard InChI is InChI=1S/C37H41NO5Si/c1-36(2,3)44(32-17-11-7-12-18-32,33-19-13-8-14-20-33)43-31-26-37(35(40)42-5,25-28-21-23-30(41-4)24-22-28)38(27-31)34(39)29-15-9-6-10-16-29/h6-24,31H,25-27H2,1-5H3/t31-,37-/m1/s1. The minimum Gasteiger partial charge on any atom is -0.497 e. The van der Waals surface area contributed by atoms with Crippen LogP contribution in [0.3, 0.4) is 0 Å². The van der Waals surface area contributed by atoms with Crippen molar-refractivity contribution in [1.29, 1.82) is 0 Å². The first-order valence-electron chi connectivity index (χ1n) is 15.0. The quantitative estimate of drug-likeness (QED) is 0.182. The Hall–Kier alpha value is -4.20. The van der Waals surface area contributed by atoms with Gasteiger partial charge in [0.25, 0.3) is 14.2 Å². The molecule has 0 aliphatic carbocycles. The number of likely N-dealkylation sites (tertiary alicyclic amines) is 1. The first kappa shape index (κ1) is 31.2. The Balaban J connectivity index is 1.65. The van der Waals surface area contributed by atoms with Crippen molar-refractivity contribution in [3.05, 3.63) is 126 Å². The van der Waals surface area contributed by atoms with Gasteiger partial charge in [-0.05, 0) is 45.2 Å². The van der Waals surface area contributed by atoms with E-state index in [9.17, 15) is 9.59 Å². The largest absolute Gasteiger partial charge is 0.497 e. The van der Waals surface area contributed by atoms with Crippen LogP contribution >= 0.6 is 0 Å². The number of hydrogen-bond acceptors (Lipinski definition) is 5. The Morgan fingerprint density at radius 1 is 0.795 bits per heavy atom. The molecule has 1 heterocycles. The number of esters is 1. The van der Waals surface area contributed by atoms with Crippen LogP contribution in [0.4, 0.5) is 0 Å². The van der Waals surface area contributed by atoms with Gasteiger partial charge in [0.05, 0.1) is 20.3 Å². The number of amides is 1. The molecule has 1 aliphatic rings. The molecule has 0 N–H and O–H groups in total. The molecule has 44 heavy (non-hydrogen) atoms. The monoisotopic (exact) mass is 607 g/mol. The normalized spacial score (nSPS) is 18.6. The Morgan fingerprint density at radius 3 is 1.80 bits per heavy atom. The van der Waals surface area contributed by atoms with Crippen LogP contribution in [0, 0.1) is 0 Å². The van der Waals surface area contributed by atoms with Crippen LogP contribution in [0.1, 0.15) is 43.1 Å². The second kappa shape index (κ2) is 12.8. The van der Waals surface area contributed by atoms with Crippen LogP contribution in [-0.2, 0) is 20.4 Å². The van der Waals surface area contributed by atoms with Crippen molar-refractivity contribution in [1.82, 2.24) is 4.90 Å². The molecule has 4 aromatic rings. The van der Waals surface area contributed by atoms with Crippen molar-refractivity contribution in [2.45, 2.75) is 50.3 Å². The molecule has 1 fully saturated rings. The highest BCUT2D eigenvalue weighted by atomic mass is 28.4. The minimum absolute atomic E-state index is 0.224. The van der Waals surface area contributed by atoms with Gasteiger partial charge in [-0.15, -0.1) is 0 Å². The van der Waals surface area contributed by atoms with Gasteiger partial charge >= 0.3 is 5.97 Å². The average molecular weight is 608 g/mol. The summed E-state index contributed by atoms with van der Waals surface area (Å²) in [7, 11) is 0.0320. The van der Waals surface area contributed by atoms with E-state index < -0.39 is 25.9 Å². The number of benzene rings is 4. The second-order valence-electron chi connectivity index (χ2n) is 12.4. The number of rotatable bonds is 9. The highest BCUT2D eigenvalue weighted by Crippen LogP contribution is 2.43. The molecular formula is C37H41NO5Si. The van der Waals surface area contributed by atoms with Gasteiger partial charge in [-0.2, -0.15) is 0 Å². The molecule has 0 radical (unpaired) electrons. The van der Waals surface area contributed by atoms with E-state index in [0.29, 0.717) is 12.0 Å². The lowest BCUT2D eigenvalue weighted by Gasteiger charge is -2.44. The zero-order chi connectivity index (χ0) is 31.4. The molecule has 0 aromatic heterocycles. The topological polar surface area (TPSA) is 65.1 Å². The Morgan fingerprint density at radius 2 is 1.32 bits per heavy atom. The van der Waals surface area contributed by atoms with Gasteiger partial charge in [0.2, 0.25) is 0 Å². The minimum atomic E-state index is -2.98. The summed E-state index contributed by atoms with van der Waals surface area (Å²) in [5, 5.41) is 2.02. The van der Waals surface area contributed by atoms with E-state index in [4.69, 9.17) is 13.9 Å². The first-order chi connectivity index (χ1) is 21.1. The molecule has 7 heteroatoms. The van der Waals surface area contributed by atoms with Gasteiger partial charge < -0.3 is 18.8 Å². The second-order valence-corrected chi connectivity index (χ2v) is 16.7. The third-order valence-corrected chi connectivity index (χ3v) is 13.8. The maximum Gasteiger partial charge on any atom is 0.332 e. The van der Waals surface area contributed by atoms with E-state index in [2.05, 4.69) is 69.3 Å². The van der Waals surface area contributed by atoms with Crippen molar-refractivity contribution < 1.29 is 23.5 Å². The van der Waals surface area contributed by atoms with E-state index in [0.717, 1.165) is 21.7 Å². The fraction of sp³-hybridized carbons (Fsp3) is 0.297. The summed E-state index contributed by atoms with van der Waals surface area (Å²) < 4.78 is 18.3.